The number of halogens is 3. The van der Waals surface area contributed by atoms with Crippen molar-refractivity contribution in [2.45, 2.75) is 13.3 Å². The van der Waals surface area contributed by atoms with Gasteiger partial charge >= 0.3 is 6.36 Å². The van der Waals surface area contributed by atoms with Crippen LogP contribution in [0.25, 0.3) is 11.1 Å². The zero-order valence-corrected chi connectivity index (χ0v) is 10.3. The Morgan fingerprint density at radius 3 is 2.65 bits per heavy atom. The quantitative estimate of drug-likeness (QED) is 0.846. The molecule has 0 aliphatic heterocycles. The molecular formula is C13H8F3N3O. The predicted molar refractivity (Wildman–Crippen MR) is 63.6 cm³/mol. The van der Waals surface area contributed by atoms with E-state index in [9.17, 15) is 13.2 Å². The minimum atomic E-state index is -4.86. The second-order valence-corrected chi connectivity index (χ2v) is 3.93. The van der Waals surface area contributed by atoms with E-state index in [2.05, 4.69) is 14.7 Å². The summed E-state index contributed by atoms with van der Waals surface area (Å²) in [5.74, 6) is -0.671. The molecule has 0 aliphatic carbocycles. The third kappa shape index (κ3) is 3.23. The third-order valence-corrected chi connectivity index (χ3v) is 2.49. The summed E-state index contributed by atoms with van der Waals surface area (Å²) in [7, 11) is 0. The smallest absolute Gasteiger partial charge is 0.388 e. The van der Waals surface area contributed by atoms with Gasteiger partial charge in [-0.25, -0.2) is 4.98 Å². The highest BCUT2D eigenvalue weighted by Gasteiger charge is 2.32. The van der Waals surface area contributed by atoms with Gasteiger partial charge in [0.25, 0.3) is 0 Å². The topological polar surface area (TPSA) is 58.8 Å². The summed E-state index contributed by atoms with van der Waals surface area (Å²) in [5.41, 5.74) is 1.65. The van der Waals surface area contributed by atoms with Crippen molar-refractivity contribution < 1.29 is 17.9 Å². The van der Waals surface area contributed by atoms with Gasteiger partial charge in [-0.05, 0) is 30.2 Å². The first-order valence-electron chi connectivity index (χ1n) is 5.48. The van der Waals surface area contributed by atoms with Crippen LogP contribution in [0, 0.1) is 18.3 Å². The maximum atomic E-state index is 12.2. The van der Waals surface area contributed by atoms with Crippen molar-refractivity contribution in [2.75, 3.05) is 0 Å². The van der Waals surface area contributed by atoms with Crippen LogP contribution < -0.4 is 4.74 Å². The molecule has 0 saturated heterocycles. The Balaban J connectivity index is 2.52. The second kappa shape index (κ2) is 5.17. The average molecular weight is 279 g/mol. The van der Waals surface area contributed by atoms with Crippen LogP contribution in [-0.2, 0) is 0 Å². The number of nitriles is 1. The Morgan fingerprint density at radius 2 is 2.05 bits per heavy atom. The molecule has 0 amide bonds. The summed E-state index contributed by atoms with van der Waals surface area (Å²) in [5, 5.41) is 8.84. The summed E-state index contributed by atoms with van der Waals surface area (Å²) in [6, 6.07) is 5.92. The van der Waals surface area contributed by atoms with E-state index in [1.54, 1.807) is 25.3 Å². The summed E-state index contributed by atoms with van der Waals surface area (Å²) < 4.78 is 40.5. The van der Waals surface area contributed by atoms with Crippen molar-refractivity contribution in [1.82, 2.24) is 9.97 Å². The largest absolute Gasteiger partial charge is 0.574 e. The molecule has 0 radical (unpaired) electrons. The average Bonchev–Trinajstić information content (AvgIpc) is 2.36. The molecule has 7 heteroatoms. The molecule has 0 N–H and O–H groups in total. The van der Waals surface area contributed by atoms with Gasteiger partial charge in [-0.3, -0.25) is 4.98 Å². The van der Waals surface area contributed by atoms with E-state index in [0.29, 0.717) is 11.1 Å². The zero-order valence-electron chi connectivity index (χ0n) is 10.3. The number of rotatable bonds is 2. The molecule has 2 heterocycles. The van der Waals surface area contributed by atoms with Crippen LogP contribution in [0.5, 0.6) is 5.88 Å². The highest BCUT2D eigenvalue weighted by molar-refractivity contribution is 5.68. The van der Waals surface area contributed by atoms with Gasteiger partial charge < -0.3 is 4.74 Å². The van der Waals surface area contributed by atoms with E-state index in [0.717, 1.165) is 11.6 Å². The van der Waals surface area contributed by atoms with Crippen molar-refractivity contribution in [3.63, 3.8) is 0 Å². The van der Waals surface area contributed by atoms with Crippen molar-refractivity contribution in [2.24, 2.45) is 0 Å². The second-order valence-electron chi connectivity index (χ2n) is 3.93. The van der Waals surface area contributed by atoms with E-state index >= 15 is 0 Å². The lowest BCUT2D eigenvalue weighted by Gasteiger charge is -2.10. The van der Waals surface area contributed by atoms with Crippen LogP contribution in [-0.4, -0.2) is 16.3 Å². The van der Waals surface area contributed by atoms with Crippen molar-refractivity contribution in [1.29, 1.82) is 5.26 Å². The van der Waals surface area contributed by atoms with Crippen LogP contribution in [0.15, 0.2) is 30.6 Å². The molecule has 0 spiro atoms. The highest BCUT2D eigenvalue weighted by atomic mass is 19.4. The Hall–Kier alpha value is -2.62. The summed E-state index contributed by atoms with van der Waals surface area (Å²) >= 11 is 0. The zero-order chi connectivity index (χ0) is 14.8. The SMILES string of the molecule is Cc1ccncc1-c1cc(C#N)nc(OC(F)(F)F)c1. The molecule has 102 valence electrons. The van der Waals surface area contributed by atoms with Gasteiger partial charge in [-0.15, -0.1) is 13.2 Å². The molecule has 2 aromatic rings. The third-order valence-electron chi connectivity index (χ3n) is 2.49. The number of hydrogen-bond donors (Lipinski definition) is 0. The number of pyridine rings is 2. The Kier molecular flexibility index (Phi) is 3.57. The van der Waals surface area contributed by atoms with Gasteiger partial charge in [0.1, 0.15) is 11.8 Å². The lowest BCUT2D eigenvalue weighted by molar-refractivity contribution is -0.276. The molecule has 20 heavy (non-hydrogen) atoms. The van der Waals surface area contributed by atoms with E-state index in [-0.39, 0.29) is 5.69 Å². The fraction of sp³-hybridized carbons (Fsp3) is 0.154. The summed E-state index contributed by atoms with van der Waals surface area (Å²) in [6.45, 7) is 1.79. The standard InChI is InChI=1S/C13H8F3N3O/c1-8-2-3-18-7-11(8)9-4-10(6-17)19-12(5-9)20-13(14,15)16/h2-5,7H,1H3. The fourth-order valence-electron chi connectivity index (χ4n) is 1.66. The Labute approximate surface area is 112 Å². The lowest BCUT2D eigenvalue weighted by atomic mass is 10.0. The maximum absolute atomic E-state index is 12.2. The van der Waals surface area contributed by atoms with E-state index < -0.39 is 12.2 Å². The number of aryl methyl sites for hydroxylation is 1. The molecule has 0 aromatic carbocycles. The monoisotopic (exact) mass is 279 g/mol. The van der Waals surface area contributed by atoms with Gasteiger partial charge in [0.2, 0.25) is 5.88 Å². The highest BCUT2D eigenvalue weighted by Crippen LogP contribution is 2.28. The summed E-state index contributed by atoms with van der Waals surface area (Å²) in [4.78, 5) is 7.38. The summed E-state index contributed by atoms with van der Waals surface area (Å²) in [6.07, 6.45) is -1.79. The van der Waals surface area contributed by atoms with E-state index in [4.69, 9.17) is 5.26 Å². The minimum absolute atomic E-state index is 0.162. The molecule has 4 nitrogen and oxygen atoms in total. The first-order chi connectivity index (χ1) is 9.39. The molecule has 0 unspecified atom stereocenters. The Morgan fingerprint density at radius 1 is 1.30 bits per heavy atom. The number of aromatic nitrogens is 2. The van der Waals surface area contributed by atoms with Crippen LogP contribution in [0.4, 0.5) is 13.2 Å². The lowest BCUT2D eigenvalue weighted by Crippen LogP contribution is -2.18. The van der Waals surface area contributed by atoms with Crippen molar-refractivity contribution >= 4 is 0 Å². The van der Waals surface area contributed by atoms with E-state index in [1.165, 1.54) is 12.3 Å². The number of nitrogens with zero attached hydrogens (tertiary/aromatic N) is 3. The number of ether oxygens (including phenoxy) is 1. The molecule has 0 aliphatic rings. The van der Waals surface area contributed by atoms with Gasteiger partial charge in [0.15, 0.2) is 0 Å². The normalized spacial score (nSPS) is 10.9. The number of hydrogen-bond acceptors (Lipinski definition) is 4. The maximum Gasteiger partial charge on any atom is 0.574 e. The molecular weight excluding hydrogens is 271 g/mol. The molecule has 2 aromatic heterocycles. The molecule has 0 bridgehead atoms. The molecule has 0 fully saturated rings. The van der Waals surface area contributed by atoms with Crippen LogP contribution in [0.2, 0.25) is 0 Å². The van der Waals surface area contributed by atoms with Gasteiger partial charge in [-0.2, -0.15) is 5.26 Å². The fourth-order valence-corrected chi connectivity index (χ4v) is 1.66. The van der Waals surface area contributed by atoms with E-state index in [1.807, 2.05) is 0 Å². The minimum Gasteiger partial charge on any atom is -0.388 e. The number of alkyl halides is 3. The van der Waals surface area contributed by atoms with Gasteiger partial charge in [-0.1, -0.05) is 0 Å². The Bertz CT molecular complexity index is 677. The van der Waals surface area contributed by atoms with Crippen LogP contribution in [0.3, 0.4) is 0 Å². The molecule has 2 rings (SSSR count). The van der Waals surface area contributed by atoms with Crippen LogP contribution in [0.1, 0.15) is 11.3 Å². The first-order valence-corrected chi connectivity index (χ1v) is 5.48. The molecule has 0 atom stereocenters. The molecule has 0 saturated carbocycles. The first kappa shape index (κ1) is 13.8. The van der Waals surface area contributed by atoms with Crippen LogP contribution >= 0.6 is 0 Å². The van der Waals surface area contributed by atoms with Crippen molar-refractivity contribution in [3.05, 3.63) is 41.9 Å². The van der Waals surface area contributed by atoms with Gasteiger partial charge in [0.05, 0.1) is 0 Å². The predicted octanol–water partition coefficient (Wildman–Crippen LogP) is 3.22. The van der Waals surface area contributed by atoms with Gasteiger partial charge in [0, 0.05) is 24.0 Å². The van der Waals surface area contributed by atoms with Crippen molar-refractivity contribution in [3.8, 4) is 23.1 Å².